The molecule has 1 aromatic heterocycles. The first-order chi connectivity index (χ1) is 16.1. The van der Waals surface area contributed by atoms with Crippen LogP contribution in [-0.2, 0) is 4.74 Å². The minimum atomic E-state index is -0.346. The maximum absolute atomic E-state index is 11.8. The first-order valence-corrected chi connectivity index (χ1v) is 10.9. The smallest absolute Gasteiger partial charge is 0.338 e. The molecule has 4 rings (SSSR count). The molecule has 0 spiro atoms. The molecule has 0 saturated carbocycles. The summed E-state index contributed by atoms with van der Waals surface area (Å²) in [7, 11) is 1.67. The summed E-state index contributed by atoms with van der Waals surface area (Å²) >= 11 is 0. The zero-order valence-corrected chi connectivity index (χ0v) is 18.8. The molecular weight excluding hydrogens is 420 g/mol. The van der Waals surface area contributed by atoms with Gasteiger partial charge in [-0.05, 0) is 55.5 Å². The molecule has 1 fully saturated rings. The van der Waals surface area contributed by atoms with Crippen molar-refractivity contribution in [1.29, 1.82) is 0 Å². The number of piperazine rings is 1. The van der Waals surface area contributed by atoms with E-state index in [-0.39, 0.29) is 5.97 Å². The molecule has 2 heterocycles. The third kappa shape index (κ3) is 5.08. The van der Waals surface area contributed by atoms with Crippen molar-refractivity contribution in [1.82, 2.24) is 9.97 Å². The number of ether oxygens (including phenoxy) is 2. The highest BCUT2D eigenvalue weighted by Gasteiger charge is 2.21. The molecule has 33 heavy (non-hydrogen) atoms. The van der Waals surface area contributed by atoms with E-state index in [9.17, 15) is 4.79 Å². The zero-order chi connectivity index (χ0) is 23.2. The van der Waals surface area contributed by atoms with Crippen molar-refractivity contribution in [2.75, 3.05) is 60.7 Å². The molecule has 9 nitrogen and oxygen atoms in total. The monoisotopic (exact) mass is 448 g/mol. The van der Waals surface area contributed by atoms with Gasteiger partial charge in [-0.1, -0.05) is 0 Å². The maximum atomic E-state index is 11.8. The molecule has 1 aliphatic rings. The number of nitrogen functional groups attached to an aromatic ring is 1. The largest absolute Gasteiger partial charge is 0.497 e. The molecule has 3 N–H and O–H groups in total. The van der Waals surface area contributed by atoms with Crippen molar-refractivity contribution < 1.29 is 14.3 Å². The summed E-state index contributed by atoms with van der Waals surface area (Å²) in [4.78, 5) is 25.1. The Kier molecular flexibility index (Phi) is 6.77. The Morgan fingerprint density at radius 1 is 1.00 bits per heavy atom. The van der Waals surface area contributed by atoms with E-state index < -0.39 is 0 Å². The second kappa shape index (κ2) is 10.1. The van der Waals surface area contributed by atoms with Gasteiger partial charge in [-0.3, -0.25) is 0 Å². The highest BCUT2D eigenvalue weighted by molar-refractivity contribution is 5.90. The number of carbonyl (C=O) groups excluding carboxylic acids is 1. The maximum Gasteiger partial charge on any atom is 0.338 e. The number of benzene rings is 2. The van der Waals surface area contributed by atoms with Crippen LogP contribution in [0, 0.1) is 0 Å². The number of carbonyl (C=O) groups is 1. The van der Waals surface area contributed by atoms with Gasteiger partial charge >= 0.3 is 5.97 Å². The molecule has 0 atom stereocenters. The van der Waals surface area contributed by atoms with Gasteiger partial charge in [0.05, 0.1) is 19.3 Å². The van der Waals surface area contributed by atoms with E-state index >= 15 is 0 Å². The lowest BCUT2D eigenvalue weighted by Gasteiger charge is -2.37. The second-order valence-corrected chi connectivity index (χ2v) is 7.55. The number of hydrogen-bond acceptors (Lipinski definition) is 9. The van der Waals surface area contributed by atoms with Crippen LogP contribution in [0.3, 0.4) is 0 Å². The van der Waals surface area contributed by atoms with Gasteiger partial charge in [-0.15, -0.1) is 0 Å². The Morgan fingerprint density at radius 3 is 2.30 bits per heavy atom. The number of rotatable bonds is 7. The van der Waals surface area contributed by atoms with Crippen LogP contribution in [0.2, 0.25) is 0 Å². The molecule has 3 aromatic rings. The predicted molar refractivity (Wildman–Crippen MR) is 130 cm³/mol. The summed E-state index contributed by atoms with van der Waals surface area (Å²) in [5, 5.41) is 3.22. The van der Waals surface area contributed by atoms with Crippen LogP contribution < -0.4 is 25.6 Å². The van der Waals surface area contributed by atoms with E-state index in [0.717, 1.165) is 37.6 Å². The summed E-state index contributed by atoms with van der Waals surface area (Å²) in [5.74, 6) is 1.75. The Morgan fingerprint density at radius 2 is 1.67 bits per heavy atom. The SMILES string of the molecule is CCOC(=O)c1ccc(Nc2ncnc(N3CCN(c4ccc(OC)cc4)CC3)c2N)cc1. The molecule has 0 unspecified atom stereocenters. The lowest BCUT2D eigenvalue weighted by Crippen LogP contribution is -2.47. The Labute approximate surface area is 193 Å². The highest BCUT2D eigenvalue weighted by atomic mass is 16.5. The first-order valence-electron chi connectivity index (χ1n) is 10.9. The van der Waals surface area contributed by atoms with Gasteiger partial charge in [0, 0.05) is 37.6 Å². The Bertz CT molecular complexity index is 1080. The van der Waals surface area contributed by atoms with E-state index in [1.807, 2.05) is 12.1 Å². The number of methoxy groups -OCH3 is 1. The highest BCUT2D eigenvalue weighted by Crippen LogP contribution is 2.30. The van der Waals surface area contributed by atoms with Crippen LogP contribution in [0.5, 0.6) is 5.75 Å². The number of nitrogens with one attached hydrogen (secondary N) is 1. The van der Waals surface area contributed by atoms with Crippen molar-refractivity contribution in [2.24, 2.45) is 0 Å². The van der Waals surface area contributed by atoms with Crippen LogP contribution in [0.15, 0.2) is 54.9 Å². The molecule has 172 valence electrons. The van der Waals surface area contributed by atoms with Crippen molar-refractivity contribution in [3.05, 3.63) is 60.4 Å². The average Bonchev–Trinajstić information content (AvgIpc) is 2.86. The van der Waals surface area contributed by atoms with E-state index in [0.29, 0.717) is 29.5 Å². The summed E-state index contributed by atoms with van der Waals surface area (Å²) in [6.45, 7) is 5.42. The number of aromatic nitrogens is 2. The lowest BCUT2D eigenvalue weighted by atomic mass is 10.2. The minimum Gasteiger partial charge on any atom is -0.497 e. The quantitative estimate of drug-likeness (QED) is 0.527. The number of hydrogen-bond donors (Lipinski definition) is 2. The van der Waals surface area contributed by atoms with Crippen LogP contribution in [-0.4, -0.2) is 55.8 Å². The van der Waals surface area contributed by atoms with Gasteiger partial charge in [-0.2, -0.15) is 0 Å². The summed E-state index contributed by atoms with van der Waals surface area (Å²) in [6, 6.07) is 15.1. The fraction of sp³-hybridized carbons (Fsp3) is 0.292. The van der Waals surface area contributed by atoms with Gasteiger partial charge < -0.3 is 30.3 Å². The molecule has 0 bridgehead atoms. The number of esters is 1. The third-order valence-electron chi connectivity index (χ3n) is 5.54. The zero-order valence-electron chi connectivity index (χ0n) is 18.8. The molecule has 0 radical (unpaired) electrons. The summed E-state index contributed by atoms with van der Waals surface area (Å²) < 4.78 is 10.3. The van der Waals surface area contributed by atoms with Crippen LogP contribution in [0.25, 0.3) is 0 Å². The standard InChI is InChI=1S/C24H28N6O3/c1-3-33-24(31)17-4-6-18(7-5-17)28-22-21(25)23(27-16-26-22)30-14-12-29(13-15-30)19-8-10-20(32-2)11-9-19/h4-11,16H,3,12-15,25H2,1-2H3,(H,26,27,28). The Balaban J connectivity index is 1.41. The second-order valence-electron chi connectivity index (χ2n) is 7.55. The minimum absolute atomic E-state index is 0.341. The average molecular weight is 449 g/mol. The fourth-order valence-corrected chi connectivity index (χ4v) is 3.75. The molecular formula is C24H28N6O3. The van der Waals surface area contributed by atoms with Crippen LogP contribution >= 0.6 is 0 Å². The lowest BCUT2D eigenvalue weighted by molar-refractivity contribution is 0.0526. The fourth-order valence-electron chi connectivity index (χ4n) is 3.75. The van der Waals surface area contributed by atoms with Crippen molar-refractivity contribution in [3.63, 3.8) is 0 Å². The van der Waals surface area contributed by atoms with Gasteiger partial charge in [-0.25, -0.2) is 14.8 Å². The van der Waals surface area contributed by atoms with Crippen molar-refractivity contribution >= 4 is 34.7 Å². The van der Waals surface area contributed by atoms with Crippen LogP contribution in [0.1, 0.15) is 17.3 Å². The topological polar surface area (TPSA) is 106 Å². The van der Waals surface area contributed by atoms with Gasteiger partial charge in [0.25, 0.3) is 0 Å². The number of nitrogens with two attached hydrogens (primary N) is 1. The molecule has 9 heteroatoms. The van der Waals surface area contributed by atoms with Crippen molar-refractivity contribution in [3.8, 4) is 5.75 Å². The molecule has 2 aromatic carbocycles. The van der Waals surface area contributed by atoms with E-state index in [1.165, 1.54) is 12.0 Å². The molecule has 0 amide bonds. The van der Waals surface area contributed by atoms with E-state index in [2.05, 4.69) is 37.2 Å². The Hall–Kier alpha value is -4.01. The van der Waals surface area contributed by atoms with E-state index in [4.69, 9.17) is 15.2 Å². The van der Waals surface area contributed by atoms with Crippen molar-refractivity contribution in [2.45, 2.75) is 6.92 Å². The predicted octanol–water partition coefficient (Wildman–Crippen LogP) is 3.31. The normalized spacial score (nSPS) is 13.5. The first kappa shape index (κ1) is 22.2. The van der Waals surface area contributed by atoms with Gasteiger partial charge in [0.1, 0.15) is 17.8 Å². The number of nitrogens with zero attached hydrogens (tertiary/aromatic N) is 4. The number of anilines is 5. The summed E-state index contributed by atoms with van der Waals surface area (Å²) in [5.41, 5.74) is 9.34. The molecule has 1 saturated heterocycles. The molecule has 1 aliphatic heterocycles. The molecule has 0 aliphatic carbocycles. The van der Waals surface area contributed by atoms with Crippen LogP contribution in [0.4, 0.5) is 28.7 Å². The third-order valence-corrected chi connectivity index (χ3v) is 5.54. The van der Waals surface area contributed by atoms with E-state index in [1.54, 1.807) is 38.3 Å². The van der Waals surface area contributed by atoms with Gasteiger partial charge in [0.15, 0.2) is 11.6 Å². The van der Waals surface area contributed by atoms with Gasteiger partial charge in [0.2, 0.25) is 0 Å². The summed E-state index contributed by atoms with van der Waals surface area (Å²) in [6.07, 6.45) is 1.51.